The summed E-state index contributed by atoms with van der Waals surface area (Å²) < 4.78 is 62.1. The molecule has 0 heterocycles. The molecule has 3 fully saturated rings. The Kier molecular flexibility index (Phi) is 19.3. The normalized spacial score (nSPS) is 20.8. The Labute approximate surface area is 390 Å². The van der Waals surface area contributed by atoms with Crippen molar-refractivity contribution in [2.75, 3.05) is 19.6 Å². The summed E-state index contributed by atoms with van der Waals surface area (Å²) >= 11 is 17.5. The van der Waals surface area contributed by atoms with E-state index < -0.39 is 40.8 Å². The van der Waals surface area contributed by atoms with Crippen molar-refractivity contribution in [3.05, 3.63) is 85.6 Å². The van der Waals surface area contributed by atoms with Crippen LogP contribution in [0.4, 0.5) is 22.8 Å². The maximum atomic E-state index is 13.7. The number of hydrogen-bond donors (Lipinski definition) is 4. The summed E-state index contributed by atoms with van der Waals surface area (Å²) in [6.07, 6.45) is 1.81. The maximum Gasteiger partial charge on any atom is 0.407 e. The molecular formula is C46H62Cl4F3N3O7. The molecule has 3 aliphatic rings. The highest BCUT2D eigenvalue weighted by atomic mass is 35.5. The molecule has 5 N–H and O–H groups in total. The summed E-state index contributed by atoms with van der Waals surface area (Å²) in [5, 5.41) is 15.5. The van der Waals surface area contributed by atoms with Gasteiger partial charge in [-0.05, 0) is 165 Å². The minimum Gasteiger partial charge on any atom is -0.508 e. The number of hydrogen-bond acceptors (Lipinski definition) is 8. The SMILES string of the molecule is CC(C)(C)OC(=O)NCC1CC1c1cc(Cl)c(F)cc1O.CC(C)Oc1cc(F)c(Cl)cc1C1CC1CN.CC(C)Oc1cc(F)c(Cl)cc1C1CC1CNC(=O)OC(C)(C)C.Cl. The molecule has 63 heavy (non-hydrogen) atoms. The van der Waals surface area contributed by atoms with Gasteiger partial charge in [0.25, 0.3) is 0 Å². The Hall–Kier alpha value is -3.49. The average molecular weight is 968 g/mol. The number of phenols is 1. The Morgan fingerprint density at radius 1 is 0.651 bits per heavy atom. The van der Waals surface area contributed by atoms with Crippen molar-refractivity contribution in [3.63, 3.8) is 0 Å². The van der Waals surface area contributed by atoms with Crippen LogP contribution in [0.5, 0.6) is 17.2 Å². The zero-order valence-electron chi connectivity index (χ0n) is 37.5. The van der Waals surface area contributed by atoms with Crippen LogP contribution in [0.1, 0.15) is 123 Å². The first-order valence-corrected chi connectivity index (χ1v) is 22.0. The minimum atomic E-state index is -0.637. The van der Waals surface area contributed by atoms with Gasteiger partial charge in [-0.15, -0.1) is 12.4 Å². The van der Waals surface area contributed by atoms with E-state index in [4.69, 9.17) is 59.5 Å². The van der Waals surface area contributed by atoms with Crippen molar-refractivity contribution in [1.82, 2.24) is 10.6 Å². The van der Waals surface area contributed by atoms with Crippen LogP contribution in [0.2, 0.25) is 15.1 Å². The van der Waals surface area contributed by atoms with Crippen molar-refractivity contribution >= 4 is 59.4 Å². The first kappa shape index (κ1) is 53.8. The third-order valence-electron chi connectivity index (χ3n) is 9.98. The molecule has 0 saturated heterocycles. The number of benzene rings is 3. The van der Waals surface area contributed by atoms with Gasteiger partial charge >= 0.3 is 12.2 Å². The zero-order chi connectivity index (χ0) is 46.4. The van der Waals surface area contributed by atoms with Gasteiger partial charge in [0.2, 0.25) is 0 Å². The molecule has 10 nitrogen and oxygen atoms in total. The summed E-state index contributed by atoms with van der Waals surface area (Å²) in [7, 11) is 0. The van der Waals surface area contributed by atoms with E-state index in [1.165, 1.54) is 18.2 Å². The summed E-state index contributed by atoms with van der Waals surface area (Å²) in [6.45, 7) is 20.1. The van der Waals surface area contributed by atoms with Gasteiger partial charge in [-0.2, -0.15) is 0 Å². The van der Waals surface area contributed by atoms with E-state index in [1.807, 2.05) is 48.5 Å². The molecule has 0 aromatic heterocycles. The van der Waals surface area contributed by atoms with Crippen molar-refractivity contribution in [2.45, 2.75) is 130 Å². The summed E-state index contributed by atoms with van der Waals surface area (Å²) in [4.78, 5) is 23.3. The van der Waals surface area contributed by atoms with Crippen molar-refractivity contribution in [2.24, 2.45) is 23.5 Å². The molecule has 0 radical (unpaired) electrons. The second-order valence-corrected chi connectivity index (χ2v) is 19.8. The molecule has 2 amide bonds. The van der Waals surface area contributed by atoms with E-state index in [1.54, 1.807) is 32.9 Å². The molecule has 352 valence electrons. The largest absolute Gasteiger partial charge is 0.508 e. The van der Waals surface area contributed by atoms with Crippen molar-refractivity contribution in [1.29, 1.82) is 0 Å². The van der Waals surface area contributed by atoms with E-state index in [9.17, 15) is 27.9 Å². The standard InChI is InChI=1S/C18H25ClFNO3.C15H19ClFNO3.C13H17ClFNO.ClH/c1-10(2)23-16-8-15(20)14(19)7-13(16)12-6-11(12)9-21-17(22)24-18(3,4)5;1-15(2,3)21-14(20)18-7-8-4-9(8)10-5-11(16)12(17)6-13(10)19;1-7(2)17-13-5-12(15)11(14)4-10(13)9-3-8(9)6-16;/h7-8,10-12H,6,9H2,1-5H3,(H,21,22);5-6,8-9,19H,4,7H2,1-3H3,(H,18,20);4-5,7-9H,3,6,16H2,1-2H3;1H. The van der Waals surface area contributed by atoms with Gasteiger partial charge in [0, 0.05) is 31.3 Å². The smallest absolute Gasteiger partial charge is 0.407 e. The highest BCUT2D eigenvalue weighted by molar-refractivity contribution is 6.31. The van der Waals surface area contributed by atoms with Crippen LogP contribution < -0.4 is 25.8 Å². The van der Waals surface area contributed by atoms with Crippen molar-refractivity contribution in [3.8, 4) is 17.2 Å². The number of nitrogens with one attached hydrogen (secondary N) is 2. The summed E-state index contributed by atoms with van der Waals surface area (Å²) in [5.74, 6) is 1.07. The number of amides is 2. The third-order valence-corrected chi connectivity index (χ3v) is 10.9. The van der Waals surface area contributed by atoms with E-state index in [2.05, 4.69) is 10.6 Å². The first-order chi connectivity index (χ1) is 28.8. The van der Waals surface area contributed by atoms with Crippen LogP contribution in [0.25, 0.3) is 0 Å². The molecule has 6 rings (SSSR count). The van der Waals surface area contributed by atoms with Gasteiger partial charge < -0.3 is 40.4 Å². The monoisotopic (exact) mass is 965 g/mol. The molecule has 0 bridgehead atoms. The number of ether oxygens (including phenoxy) is 4. The van der Waals surface area contributed by atoms with Gasteiger partial charge in [0.15, 0.2) is 0 Å². The Morgan fingerprint density at radius 3 is 1.33 bits per heavy atom. The number of aromatic hydroxyl groups is 1. The van der Waals surface area contributed by atoms with Gasteiger partial charge in [-0.25, -0.2) is 22.8 Å². The van der Waals surface area contributed by atoms with Crippen LogP contribution in [-0.2, 0) is 9.47 Å². The van der Waals surface area contributed by atoms with Crippen LogP contribution in [-0.4, -0.2) is 60.3 Å². The fourth-order valence-electron chi connectivity index (χ4n) is 6.88. The fraction of sp³-hybridized carbons (Fsp3) is 0.565. The van der Waals surface area contributed by atoms with E-state index in [0.717, 1.165) is 36.5 Å². The lowest BCUT2D eigenvalue weighted by molar-refractivity contribution is 0.0513. The average Bonchev–Trinajstić information content (AvgIpc) is 4.03. The van der Waals surface area contributed by atoms with Crippen LogP contribution in [0.15, 0.2) is 36.4 Å². The second-order valence-electron chi connectivity index (χ2n) is 18.6. The number of halogens is 7. The molecule has 3 saturated carbocycles. The maximum absolute atomic E-state index is 13.7. The van der Waals surface area contributed by atoms with Crippen LogP contribution >= 0.6 is 47.2 Å². The molecule has 3 aromatic carbocycles. The number of carbonyl (C=O) groups excluding carboxylic acids is 2. The molecule has 17 heteroatoms. The highest BCUT2D eigenvalue weighted by Crippen LogP contribution is 2.53. The van der Waals surface area contributed by atoms with E-state index in [-0.39, 0.29) is 69.1 Å². The molecule has 0 spiro atoms. The first-order valence-electron chi connectivity index (χ1n) is 20.9. The second kappa shape index (κ2) is 22.6. The predicted octanol–water partition coefficient (Wildman–Crippen LogP) is 12.5. The van der Waals surface area contributed by atoms with Gasteiger partial charge in [0.1, 0.15) is 45.9 Å². The Balaban J connectivity index is 0.000000253. The molecule has 6 atom stereocenters. The third kappa shape index (κ3) is 17.1. The molecule has 6 unspecified atom stereocenters. The molecule has 0 aliphatic heterocycles. The zero-order valence-corrected chi connectivity index (χ0v) is 40.6. The van der Waals surface area contributed by atoms with E-state index in [0.29, 0.717) is 48.5 Å². The van der Waals surface area contributed by atoms with Gasteiger partial charge in [-0.1, -0.05) is 34.8 Å². The van der Waals surface area contributed by atoms with Gasteiger partial charge in [-0.3, -0.25) is 0 Å². The lowest BCUT2D eigenvalue weighted by Gasteiger charge is -2.19. The lowest BCUT2D eigenvalue weighted by atomic mass is 10.1. The number of nitrogens with two attached hydrogens (primary N) is 1. The fourth-order valence-corrected chi connectivity index (χ4v) is 7.40. The molecule has 3 aliphatic carbocycles. The lowest BCUT2D eigenvalue weighted by Crippen LogP contribution is -2.33. The number of rotatable bonds is 12. The van der Waals surface area contributed by atoms with Crippen molar-refractivity contribution < 1.29 is 46.8 Å². The van der Waals surface area contributed by atoms with Gasteiger partial charge in [0.05, 0.1) is 27.3 Å². The highest BCUT2D eigenvalue weighted by Gasteiger charge is 2.42. The Morgan fingerprint density at radius 2 is 0.984 bits per heavy atom. The topological polar surface area (TPSA) is 141 Å². The Bertz CT molecular complexity index is 2050. The van der Waals surface area contributed by atoms with E-state index >= 15 is 0 Å². The number of alkyl carbamates (subject to hydrolysis) is 2. The number of phenolic OH excluding ortho intramolecular Hbond substituents is 1. The number of carbonyl (C=O) groups is 2. The summed E-state index contributed by atoms with van der Waals surface area (Å²) in [6, 6.07) is 8.50. The minimum absolute atomic E-state index is 0. The predicted molar refractivity (Wildman–Crippen MR) is 245 cm³/mol. The summed E-state index contributed by atoms with van der Waals surface area (Å²) in [5.41, 5.74) is 7.09. The molecular weight excluding hydrogens is 905 g/mol. The van der Waals surface area contributed by atoms with Crippen LogP contribution in [0, 0.1) is 35.2 Å². The molecule has 3 aromatic rings. The van der Waals surface area contributed by atoms with Crippen LogP contribution in [0.3, 0.4) is 0 Å². The quantitative estimate of drug-likeness (QED) is 0.141.